The Morgan fingerprint density at radius 3 is 2.49 bits per heavy atom. The second kappa shape index (κ2) is 11.6. The zero-order chi connectivity index (χ0) is 26.6. The fraction of sp³-hybridized carbons (Fsp3) is 0.231. The number of para-hydroxylation sites is 3. The Bertz CT molecular complexity index is 1530. The van der Waals surface area contributed by atoms with Gasteiger partial charge in [0.25, 0.3) is 0 Å². The molecule has 0 fully saturated rings. The van der Waals surface area contributed by atoms with Crippen molar-refractivity contribution in [3.05, 3.63) is 71.8 Å². The van der Waals surface area contributed by atoms with Crippen molar-refractivity contribution in [2.45, 2.75) is 23.9 Å². The zero-order valence-electron chi connectivity index (χ0n) is 20.6. The minimum absolute atomic E-state index is 0.0638. The Morgan fingerprint density at radius 2 is 1.78 bits per heavy atom. The molecule has 0 saturated heterocycles. The van der Waals surface area contributed by atoms with E-state index in [9.17, 15) is 13.2 Å². The predicted octanol–water partition coefficient (Wildman–Crippen LogP) is 5.45. The lowest BCUT2D eigenvalue weighted by atomic mass is 10.2. The van der Waals surface area contributed by atoms with Crippen LogP contribution in [0.1, 0.15) is 13.8 Å². The predicted molar refractivity (Wildman–Crippen MR) is 149 cm³/mol. The number of hydrogen-bond donors (Lipinski definition) is 1. The van der Waals surface area contributed by atoms with Gasteiger partial charge in [0.2, 0.25) is 15.9 Å². The number of ether oxygens (including phenoxy) is 1. The molecule has 0 radical (unpaired) electrons. The summed E-state index contributed by atoms with van der Waals surface area (Å²) in [6, 6.07) is 19.4. The van der Waals surface area contributed by atoms with Crippen molar-refractivity contribution in [1.29, 1.82) is 0 Å². The molecule has 194 valence electrons. The van der Waals surface area contributed by atoms with E-state index in [1.807, 2.05) is 28.8 Å². The Labute approximate surface area is 225 Å². The maximum Gasteiger partial charge on any atom is 0.243 e. The first-order valence-electron chi connectivity index (χ1n) is 11.6. The van der Waals surface area contributed by atoms with Crippen molar-refractivity contribution in [3.8, 4) is 11.4 Å². The van der Waals surface area contributed by atoms with Crippen molar-refractivity contribution >= 4 is 56.0 Å². The monoisotopic (exact) mass is 558 g/mol. The molecule has 1 aromatic heterocycles. The van der Waals surface area contributed by atoms with E-state index in [0.717, 1.165) is 5.69 Å². The summed E-state index contributed by atoms with van der Waals surface area (Å²) in [5.74, 6) is 0.430. The van der Waals surface area contributed by atoms with Gasteiger partial charge in [-0.15, -0.1) is 0 Å². The molecular formula is C26H27ClN4O4S2. The number of benzene rings is 3. The van der Waals surface area contributed by atoms with E-state index in [2.05, 4.69) is 5.32 Å². The summed E-state index contributed by atoms with van der Waals surface area (Å²) in [6.07, 6.45) is 0. The van der Waals surface area contributed by atoms with E-state index in [1.165, 1.54) is 16.1 Å². The van der Waals surface area contributed by atoms with Crippen LogP contribution in [0, 0.1) is 0 Å². The first kappa shape index (κ1) is 27.0. The van der Waals surface area contributed by atoms with E-state index in [0.29, 0.717) is 45.7 Å². The number of carbonyl (C=O) groups is 1. The molecule has 0 aliphatic carbocycles. The second-order valence-corrected chi connectivity index (χ2v) is 11.2. The van der Waals surface area contributed by atoms with Crippen LogP contribution in [0.25, 0.3) is 16.7 Å². The van der Waals surface area contributed by atoms with Crippen LogP contribution < -0.4 is 10.1 Å². The first-order valence-corrected chi connectivity index (χ1v) is 14.4. The number of halogens is 1. The number of rotatable bonds is 10. The Balaban J connectivity index is 1.75. The number of nitrogens with one attached hydrogen (secondary N) is 1. The molecule has 1 heterocycles. The highest BCUT2D eigenvalue weighted by molar-refractivity contribution is 7.99. The molecule has 0 spiro atoms. The lowest BCUT2D eigenvalue weighted by Gasteiger charge is -2.18. The summed E-state index contributed by atoms with van der Waals surface area (Å²) in [5.41, 5.74) is 2.44. The number of methoxy groups -OCH3 is 1. The van der Waals surface area contributed by atoms with Crippen molar-refractivity contribution < 1.29 is 17.9 Å². The zero-order valence-corrected chi connectivity index (χ0v) is 23.0. The van der Waals surface area contributed by atoms with Crippen LogP contribution in [0.4, 0.5) is 5.69 Å². The molecule has 0 aliphatic rings. The molecule has 1 amide bonds. The van der Waals surface area contributed by atoms with Crippen molar-refractivity contribution in [2.24, 2.45) is 0 Å². The van der Waals surface area contributed by atoms with Crippen LogP contribution >= 0.6 is 23.4 Å². The summed E-state index contributed by atoms with van der Waals surface area (Å²) in [4.78, 5) is 17.6. The van der Waals surface area contributed by atoms with Gasteiger partial charge in [-0.2, -0.15) is 4.31 Å². The number of hydrogen-bond acceptors (Lipinski definition) is 6. The number of anilines is 1. The summed E-state index contributed by atoms with van der Waals surface area (Å²) >= 11 is 7.40. The minimum atomic E-state index is -3.66. The minimum Gasteiger partial charge on any atom is -0.495 e. The van der Waals surface area contributed by atoms with Gasteiger partial charge in [0.05, 0.1) is 45.2 Å². The Hall–Kier alpha value is -3.05. The number of nitrogens with zero attached hydrogens (tertiary/aromatic N) is 3. The lowest BCUT2D eigenvalue weighted by Crippen LogP contribution is -2.30. The summed E-state index contributed by atoms with van der Waals surface area (Å²) in [6.45, 7) is 4.35. The van der Waals surface area contributed by atoms with Crippen LogP contribution in [-0.2, 0) is 14.8 Å². The van der Waals surface area contributed by atoms with Crippen molar-refractivity contribution in [3.63, 3.8) is 0 Å². The van der Waals surface area contributed by atoms with Crippen LogP contribution in [0.3, 0.4) is 0 Å². The van der Waals surface area contributed by atoms with Gasteiger partial charge in [0.1, 0.15) is 5.75 Å². The Morgan fingerprint density at radius 1 is 1.08 bits per heavy atom. The van der Waals surface area contributed by atoms with Crippen LogP contribution in [-0.4, -0.2) is 54.1 Å². The quantitative estimate of drug-likeness (QED) is 0.260. The highest BCUT2D eigenvalue weighted by Gasteiger charge is 2.24. The van der Waals surface area contributed by atoms with Gasteiger partial charge in [0, 0.05) is 13.1 Å². The molecule has 37 heavy (non-hydrogen) atoms. The molecule has 0 saturated carbocycles. The number of aromatic nitrogens is 2. The largest absolute Gasteiger partial charge is 0.495 e. The summed E-state index contributed by atoms with van der Waals surface area (Å²) in [7, 11) is -2.08. The third-order valence-electron chi connectivity index (χ3n) is 5.74. The van der Waals surface area contributed by atoms with Crippen molar-refractivity contribution in [1.82, 2.24) is 13.9 Å². The van der Waals surface area contributed by atoms with E-state index < -0.39 is 10.0 Å². The van der Waals surface area contributed by atoms with Crippen molar-refractivity contribution in [2.75, 3.05) is 31.3 Å². The standard InChI is InChI=1S/C26H27ClN4O4S2/c1-4-30(5-2)37(33,34)18-14-15-22-21(16-18)29-26(31(22)23-12-8-9-13-24(23)35-3)36-17-25(32)28-20-11-7-6-10-19(20)27/h6-16H,4-5,17H2,1-3H3,(H,28,32). The molecule has 0 atom stereocenters. The van der Waals surface area contributed by atoms with Gasteiger partial charge in [-0.05, 0) is 42.5 Å². The van der Waals surface area contributed by atoms with E-state index in [1.54, 1.807) is 63.4 Å². The second-order valence-electron chi connectivity index (χ2n) is 7.96. The molecule has 1 N–H and O–H groups in total. The molecular weight excluding hydrogens is 532 g/mol. The van der Waals surface area contributed by atoms with Gasteiger partial charge >= 0.3 is 0 Å². The molecule has 8 nitrogen and oxygen atoms in total. The number of carbonyl (C=O) groups excluding carboxylic acids is 1. The molecule has 4 rings (SSSR count). The number of sulfonamides is 1. The number of fused-ring (bicyclic) bond motifs is 1. The molecule has 0 bridgehead atoms. The number of imidazole rings is 1. The molecule has 0 unspecified atom stereocenters. The molecule has 0 aliphatic heterocycles. The third kappa shape index (κ3) is 5.62. The Kier molecular flexibility index (Phi) is 8.43. The topological polar surface area (TPSA) is 93.5 Å². The number of amides is 1. The van der Waals surface area contributed by atoms with Gasteiger partial charge in [-0.3, -0.25) is 9.36 Å². The maximum atomic E-state index is 13.1. The fourth-order valence-corrected chi connectivity index (χ4v) is 6.42. The third-order valence-corrected chi connectivity index (χ3v) is 9.06. The SMILES string of the molecule is CCN(CC)S(=O)(=O)c1ccc2c(c1)nc(SCC(=O)Nc1ccccc1Cl)n2-c1ccccc1OC. The van der Waals surface area contributed by atoms with Gasteiger partial charge in [-0.25, -0.2) is 13.4 Å². The molecule has 4 aromatic rings. The fourth-order valence-electron chi connectivity index (χ4n) is 3.93. The smallest absolute Gasteiger partial charge is 0.243 e. The molecule has 3 aromatic carbocycles. The van der Waals surface area contributed by atoms with Crippen LogP contribution in [0.15, 0.2) is 76.8 Å². The van der Waals surface area contributed by atoms with Gasteiger partial charge in [0.15, 0.2) is 5.16 Å². The normalized spacial score (nSPS) is 11.7. The highest BCUT2D eigenvalue weighted by atomic mass is 35.5. The molecule has 11 heteroatoms. The average molecular weight is 559 g/mol. The van der Waals surface area contributed by atoms with Gasteiger partial charge in [-0.1, -0.05) is 61.5 Å². The van der Waals surface area contributed by atoms with Gasteiger partial charge < -0.3 is 10.1 Å². The van der Waals surface area contributed by atoms with E-state index in [-0.39, 0.29) is 16.6 Å². The summed E-state index contributed by atoms with van der Waals surface area (Å²) < 4.78 is 35.1. The van der Waals surface area contributed by atoms with Crippen LogP contribution in [0.2, 0.25) is 5.02 Å². The van der Waals surface area contributed by atoms with E-state index in [4.69, 9.17) is 21.3 Å². The lowest BCUT2D eigenvalue weighted by molar-refractivity contribution is -0.113. The first-order chi connectivity index (χ1) is 17.8. The highest BCUT2D eigenvalue weighted by Crippen LogP contribution is 2.34. The number of thioether (sulfide) groups is 1. The van der Waals surface area contributed by atoms with Crippen LogP contribution in [0.5, 0.6) is 5.75 Å². The average Bonchev–Trinajstić information content (AvgIpc) is 3.26. The summed E-state index contributed by atoms with van der Waals surface area (Å²) in [5, 5.41) is 3.78. The maximum absolute atomic E-state index is 13.1. The van der Waals surface area contributed by atoms with E-state index >= 15 is 0 Å².